The van der Waals surface area contributed by atoms with Crippen LogP contribution in [0.15, 0.2) is 48.5 Å². The summed E-state index contributed by atoms with van der Waals surface area (Å²) in [6.07, 6.45) is 0.985. The normalized spacial score (nSPS) is 16.4. The maximum absolute atomic E-state index is 12.4. The van der Waals surface area contributed by atoms with Crippen molar-refractivity contribution in [2.75, 3.05) is 46.4 Å². The second kappa shape index (κ2) is 10.6. The van der Waals surface area contributed by atoms with Gasteiger partial charge in [0.1, 0.15) is 5.75 Å². The van der Waals surface area contributed by atoms with Gasteiger partial charge in [-0.2, -0.15) is 0 Å². The fraction of sp³-hybridized carbons (Fsp3) is 0.435. The zero-order valence-electron chi connectivity index (χ0n) is 17.2. The molecule has 1 aliphatic rings. The first-order valence-electron chi connectivity index (χ1n) is 10.2. The van der Waals surface area contributed by atoms with Crippen molar-refractivity contribution in [3.8, 4) is 5.75 Å². The van der Waals surface area contributed by atoms with Crippen LogP contribution in [0.1, 0.15) is 24.1 Å². The van der Waals surface area contributed by atoms with Gasteiger partial charge in [0, 0.05) is 37.7 Å². The Balaban J connectivity index is 1.56. The Hall–Kier alpha value is -2.08. The first-order chi connectivity index (χ1) is 14.0. The van der Waals surface area contributed by atoms with Crippen LogP contribution in [0.5, 0.6) is 5.75 Å². The summed E-state index contributed by atoms with van der Waals surface area (Å²) in [6, 6.07) is 15.9. The molecule has 1 fully saturated rings. The van der Waals surface area contributed by atoms with E-state index in [9.17, 15) is 4.79 Å². The molecule has 1 aliphatic heterocycles. The summed E-state index contributed by atoms with van der Waals surface area (Å²) >= 11 is 6.06. The fourth-order valence-electron chi connectivity index (χ4n) is 3.51. The standard InChI is InChI=1S/C23H30ClN3O2/c1-3-18-4-10-21(11-5-18)29-17-23(28)25-16-22(19-6-8-20(24)9-7-19)27-14-12-26(2)13-15-27/h4-11,22H,3,12-17H2,1-2H3,(H,25,28)/t22-/m1/s1. The number of carbonyl (C=O) groups excluding carboxylic acids is 1. The fourth-order valence-corrected chi connectivity index (χ4v) is 3.63. The van der Waals surface area contributed by atoms with E-state index in [4.69, 9.17) is 16.3 Å². The van der Waals surface area contributed by atoms with Crippen LogP contribution in [0.4, 0.5) is 0 Å². The minimum atomic E-state index is -0.113. The molecule has 0 spiro atoms. The van der Waals surface area contributed by atoms with Gasteiger partial charge in [0.2, 0.25) is 0 Å². The van der Waals surface area contributed by atoms with Gasteiger partial charge in [-0.3, -0.25) is 9.69 Å². The van der Waals surface area contributed by atoms with Crippen LogP contribution in [-0.2, 0) is 11.2 Å². The number of ether oxygens (including phenoxy) is 1. The van der Waals surface area contributed by atoms with Gasteiger partial charge in [-0.15, -0.1) is 0 Å². The Morgan fingerprint density at radius 2 is 1.72 bits per heavy atom. The van der Waals surface area contributed by atoms with E-state index in [1.165, 1.54) is 5.56 Å². The van der Waals surface area contributed by atoms with E-state index in [0.29, 0.717) is 12.3 Å². The molecule has 0 unspecified atom stereocenters. The number of nitrogens with one attached hydrogen (secondary N) is 1. The molecule has 0 radical (unpaired) electrons. The highest BCUT2D eigenvalue weighted by molar-refractivity contribution is 6.30. The molecule has 0 saturated carbocycles. The highest BCUT2D eigenvalue weighted by Gasteiger charge is 2.24. The van der Waals surface area contributed by atoms with Gasteiger partial charge in [-0.05, 0) is 48.9 Å². The first-order valence-corrected chi connectivity index (χ1v) is 10.6. The SMILES string of the molecule is CCc1ccc(OCC(=O)NC[C@H](c2ccc(Cl)cc2)N2CCN(C)CC2)cc1. The highest BCUT2D eigenvalue weighted by atomic mass is 35.5. The van der Waals surface area contributed by atoms with Gasteiger partial charge in [0.15, 0.2) is 6.61 Å². The van der Waals surface area contributed by atoms with Crippen molar-refractivity contribution in [3.63, 3.8) is 0 Å². The number of carbonyl (C=O) groups is 1. The van der Waals surface area contributed by atoms with Crippen LogP contribution < -0.4 is 10.1 Å². The summed E-state index contributed by atoms with van der Waals surface area (Å²) in [5, 5.41) is 3.76. The lowest BCUT2D eigenvalue weighted by molar-refractivity contribution is -0.123. The third-order valence-electron chi connectivity index (χ3n) is 5.43. The summed E-state index contributed by atoms with van der Waals surface area (Å²) in [5.41, 5.74) is 2.41. The number of rotatable bonds is 8. The van der Waals surface area contributed by atoms with Gasteiger partial charge in [0.25, 0.3) is 5.91 Å². The summed E-state index contributed by atoms with van der Waals surface area (Å²) in [5.74, 6) is 0.600. The molecule has 156 valence electrons. The largest absolute Gasteiger partial charge is 0.484 e. The molecule has 29 heavy (non-hydrogen) atoms. The van der Waals surface area contributed by atoms with Gasteiger partial charge in [-0.1, -0.05) is 42.8 Å². The Morgan fingerprint density at radius 3 is 2.34 bits per heavy atom. The Kier molecular flexibility index (Phi) is 7.92. The van der Waals surface area contributed by atoms with Crippen molar-refractivity contribution in [2.24, 2.45) is 0 Å². The summed E-state index contributed by atoms with van der Waals surface area (Å²) in [6.45, 7) is 6.66. The van der Waals surface area contributed by atoms with Gasteiger partial charge < -0.3 is 15.0 Å². The monoisotopic (exact) mass is 415 g/mol. The Bertz CT molecular complexity index is 772. The van der Waals surface area contributed by atoms with Gasteiger partial charge >= 0.3 is 0 Å². The third kappa shape index (κ3) is 6.46. The molecular weight excluding hydrogens is 386 g/mol. The highest BCUT2D eigenvalue weighted by Crippen LogP contribution is 2.23. The third-order valence-corrected chi connectivity index (χ3v) is 5.68. The summed E-state index contributed by atoms with van der Waals surface area (Å²) in [4.78, 5) is 17.1. The molecule has 3 rings (SSSR count). The minimum Gasteiger partial charge on any atom is -0.484 e. The van der Waals surface area contributed by atoms with Crippen molar-refractivity contribution in [1.82, 2.24) is 15.1 Å². The van der Waals surface area contributed by atoms with E-state index in [0.717, 1.165) is 43.2 Å². The summed E-state index contributed by atoms with van der Waals surface area (Å²) < 4.78 is 5.63. The lowest BCUT2D eigenvalue weighted by Gasteiger charge is -2.38. The van der Waals surface area contributed by atoms with Crippen LogP contribution in [-0.4, -0.2) is 62.1 Å². The lowest BCUT2D eigenvalue weighted by Crippen LogP contribution is -2.48. The number of hydrogen-bond acceptors (Lipinski definition) is 4. The topological polar surface area (TPSA) is 44.8 Å². The van der Waals surface area contributed by atoms with E-state index >= 15 is 0 Å². The molecule has 1 heterocycles. The van der Waals surface area contributed by atoms with Crippen molar-refractivity contribution >= 4 is 17.5 Å². The average molecular weight is 416 g/mol. The summed E-state index contributed by atoms with van der Waals surface area (Å²) in [7, 11) is 2.14. The van der Waals surface area contributed by atoms with Crippen molar-refractivity contribution in [3.05, 3.63) is 64.7 Å². The van der Waals surface area contributed by atoms with E-state index in [1.807, 2.05) is 48.5 Å². The second-order valence-corrected chi connectivity index (χ2v) is 7.93. The number of halogens is 1. The van der Waals surface area contributed by atoms with Crippen LogP contribution in [0.3, 0.4) is 0 Å². The van der Waals surface area contributed by atoms with E-state index in [2.05, 4.69) is 29.1 Å². The van der Waals surface area contributed by atoms with Gasteiger partial charge in [-0.25, -0.2) is 0 Å². The van der Waals surface area contributed by atoms with Crippen LogP contribution in [0.25, 0.3) is 0 Å². The zero-order chi connectivity index (χ0) is 20.6. The number of amides is 1. The van der Waals surface area contributed by atoms with Gasteiger partial charge in [0.05, 0.1) is 6.04 Å². The van der Waals surface area contributed by atoms with Crippen molar-refractivity contribution in [2.45, 2.75) is 19.4 Å². The molecule has 2 aromatic carbocycles. The minimum absolute atomic E-state index is 0.0154. The molecule has 1 N–H and O–H groups in total. The molecule has 6 heteroatoms. The Morgan fingerprint density at radius 1 is 1.07 bits per heavy atom. The molecular formula is C23H30ClN3O2. The lowest BCUT2D eigenvalue weighted by atomic mass is 10.0. The molecule has 2 aromatic rings. The van der Waals surface area contributed by atoms with Crippen LogP contribution in [0.2, 0.25) is 5.02 Å². The smallest absolute Gasteiger partial charge is 0.258 e. The molecule has 1 saturated heterocycles. The van der Waals surface area contributed by atoms with Crippen LogP contribution in [0, 0.1) is 0 Å². The molecule has 0 bridgehead atoms. The second-order valence-electron chi connectivity index (χ2n) is 7.50. The van der Waals surface area contributed by atoms with E-state index in [-0.39, 0.29) is 18.6 Å². The van der Waals surface area contributed by atoms with E-state index < -0.39 is 0 Å². The molecule has 1 atom stereocenters. The number of likely N-dealkylation sites (N-methyl/N-ethyl adjacent to an activating group) is 1. The number of aryl methyl sites for hydroxylation is 1. The van der Waals surface area contributed by atoms with Crippen molar-refractivity contribution in [1.29, 1.82) is 0 Å². The van der Waals surface area contributed by atoms with Crippen LogP contribution >= 0.6 is 11.6 Å². The Labute approximate surface area is 178 Å². The number of benzene rings is 2. The quantitative estimate of drug-likeness (QED) is 0.717. The number of nitrogens with zero attached hydrogens (tertiary/aromatic N) is 2. The molecule has 0 aliphatic carbocycles. The number of hydrogen-bond donors (Lipinski definition) is 1. The maximum Gasteiger partial charge on any atom is 0.258 e. The molecule has 0 aromatic heterocycles. The predicted octanol–water partition coefficient (Wildman–Crippen LogP) is 3.39. The van der Waals surface area contributed by atoms with Crippen molar-refractivity contribution < 1.29 is 9.53 Å². The number of piperazine rings is 1. The molecule has 1 amide bonds. The average Bonchev–Trinajstić information content (AvgIpc) is 2.75. The zero-order valence-corrected chi connectivity index (χ0v) is 18.0. The first kappa shape index (κ1) is 21.6. The maximum atomic E-state index is 12.4. The molecule has 5 nitrogen and oxygen atoms in total. The van der Waals surface area contributed by atoms with E-state index in [1.54, 1.807) is 0 Å². The predicted molar refractivity (Wildman–Crippen MR) is 118 cm³/mol.